The Kier molecular flexibility index (Phi) is 8.72. The van der Waals surface area contributed by atoms with Gasteiger partial charge in [-0.2, -0.15) is 0 Å². The highest BCUT2D eigenvalue weighted by molar-refractivity contribution is 5.96. The molecule has 0 saturated heterocycles. The van der Waals surface area contributed by atoms with Gasteiger partial charge in [0.1, 0.15) is 6.04 Å². The third-order valence-corrected chi connectivity index (χ3v) is 6.11. The van der Waals surface area contributed by atoms with Crippen LogP contribution in [0.5, 0.6) is 0 Å². The first-order chi connectivity index (χ1) is 20.9. The summed E-state index contributed by atoms with van der Waals surface area (Å²) in [4.78, 5) is 50.0. The average molecular weight is 545 g/mol. The number of rotatable bonds is 14. The number of anilines is 3. The van der Waals surface area contributed by atoms with Crippen LogP contribution in [-0.2, 0) is 22.4 Å². The fraction of sp³-hybridized carbons (Fsp3) is 0.464. The minimum atomic E-state index is -2.87. The number of amides is 3. The number of nitrogens with zero attached hydrogens (tertiary/aromatic N) is 5. The van der Waals surface area contributed by atoms with E-state index in [0.29, 0.717) is 41.5 Å². The molecule has 0 aliphatic rings. The molecule has 1 atom stereocenters. The number of nitrogens with two attached hydrogens (primary N) is 1. The number of hydrogen-bond donors (Lipinski definition) is 3. The number of likely N-dealkylation sites (N-methyl/N-ethyl adjacent to an activating group) is 2. The lowest BCUT2D eigenvalue weighted by Crippen LogP contribution is -2.45. The van der Waals surface area contributed by atoms with Gasteiger partial charge in [0.2, 0.25) is 11.8 Å². The van der Waals surface area contributed by atoms with Gasteiger partial charge in [-0.15, -0.1) is 0 Å². The van der Waals surface area contributed by atoms with E-state index in [1.807, 2.05) is 44.0 Å². The molecule has 0 aliphatic carbocycles. The molecular formula is C28H42N8O3. The van der Waals surface area contributed by atoms with Crippen LogP contribution in [0.1, 0.15) is 50.7 Å². The minimum absolute atomic E-state index is 0.0344. The van der Waals surface area contributed by atoms with Crippen molar-refractivity contribution in [3.63, 3.8) is 0 Å². The molecular weight excluding hydrogens is 496 g/mol. The summed E-state index contributed by atoms with van der Waals surface area (Å²) in [5, 5.41) is 5.93. The molecule has 2 aromatic rings. The number of carbonyl (C=O) groups excluding carboxylic acids is 3. The smallest absolute Gasteiger partial charge is 0.271 e. The van der Waals surface area contributed by atoms with E-state index in [9.17, 15) is 14.4 Å². The standard InChI is InChI=1S/C28H42N8O3/c1-8-22-27(35(6)9-2)33-26(24(32-22)25(29)38)31-21-13-10-12-20(18-21)15-16-30-28(39)19(3)36(7)23(37)14-11-17-34(4)5/h10-14,18-19H,8-9,15-17H2,1-7H3,(H2,29,38)(H,30,39)(H,31,33)/b14-11+/t19-/m0/s1/i4D3,5D3. The molecule has 2 rings (SSSR count). The van der Waals surface area contributed by atoms with Crippen molar-refractivity contribution in [3.8, 4) is 0 Å². The molecule has 39 heavy (non-hydrogen) atoms. The van der Waals surface area contributed by atoms with E-state index < -0.39 is 44.3 Å². The molecule has 0 radical (unpaired) electrons. The molecule has 212 valence electrons. The Labute approximate surface area is 239 Å². The van der Waals surface area contributed by atoms with Gasteiger partial charge in [-0.25, -0.2) is 9.97 Å². The summed E-state index contributed by atoms with van der Waals surface area (Å²) < 4.78 is 44.3. The summed E-state index contributed by atoms with van der Waals surface area (Å²) in [6, 6.07) is 6.49. The molecule has 0 fully saturated rings. The van der Waals surface area contributed by atoms with Gasteiger partial charge < -0.3 is 31.1 Å². The maximum Gasteiger partial charge on any atom is 0.271 e. The summed E-state index contributed by atoms with van der Waals surface area (Å²) in [6.45, 7) is 0.151. The number of benzene rings is 1. The van der Waals surface area contributed by atoms with Crippen LogP contribution in [0.4, 0.5) is 17.3 Å². The fourth-order valence-corrected chi connectivity index (χ4v) is 3.58. The molecule has 0 saturated carbocycles. The third-order valence-electron chi connectivity index (χ3n) is 6.11. The van der Waals surface area contributed by atoms with Crippen molar-refractivity contribution >= 4 is 35.0 Å². The van der Waals surface area contributed by atoms with Crippen LogP contribution in [0.2, 0.25) is 0 Å². The highest BCUT2D eigenvalue weighted by Gasteiger charge is 2.21. The van der Waals surface area contributed by atoms with Crippen LogP contribution >= 0.6 is 0 Å². The number of nitrogens with one attached hydrogen (secondary N) is 2. The van der Waals surface area contributed by atoms with Crippen molar-refractivity contribution in [1.29, 1.82) is 0 Å². The zero-order valence-corrected chi connectivity index (χ0v) is 23.1. The Morgan fingerprint density at radius 1 is 1.18 bits per heavy atom. The molecule has 0 bridgehead atoms. The Morgan fingerprint density at radius 2 is 1.92 bits per heavy atom. The molecule has 1 heterocycles. The van der Waals surface area contributed by atoms with E-state index in [0.717, 1.165) is 22.6 Å². The highest BCUT2D eigenvalue weighted by Crippen LogP contribution is 2.24. The van der Waals surface area contributed by atoms with Crippen LogP contribution in [0, 0.1) is 0 Å². The van der Waals surface area contributed by atoms with Gasteiger partial charge in [-0.1, -0.05) is 25.1 Å². The van der Waals surface area contributed by atoms with Crippen LogP contribution in [0.25, 0.3) is 0 Å². The lowest BCUT2D eigenvalue weighted by Gasteiger charge is -2.23. The monoisotopic (exact) mass is 544 g/mol. The molecule has 0 aliphatic heterocycles. The molecule has 0 spiro atoms. The number of aryl methyl sites for hydroxylation is 1. The Hall–Kier alpha value is -3.99. The van der Waals surface area contributed by atoms with Gasteiger partial charge in [0.25, 0.3) is 5.91 Å². The lowest BCUT2D eigenvalue weighted by atomic mass is 10.1. The summed E-state index contributed by atoms with van der Waals surface area (Å²) in [6.07, 6.45) is 3.21. The quantitative estimate of drug-likeness (QED) is 0.307. The molecule has 1 aromatic carbocycles. The number of aromatic nitrogens is 2. The zero-order valence-electron chi connectivity index (χ0n) is 29.1. The van der Waals surface area contributed by atoms with Gasteiger partial charge in [-0.05, 0) is 58.3 Å². The summed E-state index contributed by atoms with van der Waals surface area (Å²) in [5.74, 6) is -0.824. The Bertz CT molecular complexity index is 1370. The van der Waals surface area contributed by atoms with Crippen LogP contribution < -0.4 is 21.3 Å². The van der Waals surface area contributed by atoms with Crippen molar-refractivity contribution in [2.75, 3.05) is 57.9 Å². The molecule has 4 N–H and O–H groups in total. The SMILES string of the molecule is [2H]C([2H])([2H])N(C/C=C/C(=O)N(C)[C@@H](C)C(=O)NCCc1cccc(Nc2nc(N(C)CC)c(CC)nc2C(N)=O)c1)C([2H])([2H])[2H]. The largest absolute Gasteiger partial charge is 0.364 e. The first kappa shape index (κ1) is 22.9. The molecule has 3 amide bonds. The summed E-state index contributed by atoms with van der Waals surface area (Å²) in [7, 11) is 3.30. The van der Waals surface area contributed by atoms with E-state index in [-0.39, 0.29) is 18.1 Å². The average Bonchev–Trinajstić information content (AvgIpc) is 2.96. The second-order valence-corrected chi connectivity index (χ2v) is 8.93. The van der Waals surface area contributed by atoms with E-state index in [1.165, 1.54) is 14.0 Å². The summed E-state index contributed by atoms with van der Waals surface area (Å²) in [5.41, 5.74) is 7.81. The predicted molar refractivity (Wildman–Crippen MR) is 155 cm³/mol. The number of primary amides is 1. The Balaban J connectivity index is 2.03. The first-order valence-electron chi connectivity index (χ1n) is 15.7. The third kappa shape index (κ3) is 9.06. The van der Waals surface area contributed by atoms with Gasteiger partial charge in [0.05, 0.1) is 5.69 Å². The maximum atomic E-state index is 12.7. The minimum Gasteiger partial charge on any atom is -0.364 e. The zero-order chi connectivity index (χ0) is 34.1. The molecule has 11 heteroatoms. The van der Waals surface area contributed by atoms with Gasteiger partial charge >= 0.3 is 0 Å². The van der Waals surface area contributed by atoms with Crippen molar-refractivity contribution in [1.82, 2.24) is 25.1 Å². The normalized spacial score (nSPS) is 14.8. The van der Waals surface area contributed by atoms with Crippen molar-refractivity contribution in [2.45, 2.75) is 39.7 Å². The van der Waals surface area contributed by atoms with Crippen molar-refractivity contribution in [3.05, 3.63) is 53.4 Å². The van der Waals surface area contributed by atoms with Crippen LogP contribution in [0.3, 0.4) is 0 Å². The van der Waals surface area contributed by atoms with E-state index >= 15 is 0 Å². The van der Waals surface area contributed by atoms with Crippen molar-refractivity contribution < 1.29 is 22.6 Å². The second kappa shape index (κ2) is 14.8. The van der Waals surface area contributed by atoms with E-state index in [4.69, 9.17) is 14.0 Å². The summed E-state index contributed by atoms with van der Waals surface area (Å²) >= 11 is 0. The predicted octanol–water partition coefficient (Wildman–Crippen LogP) is 1.96. The maximum absolute atomic E-state index is 12.7. The van der Waals surface area contributed by atoms with Gasteiger partial charge in [-0.3, -0.25) is 14.4 Å². The fourth-order valence-electron chi connectivity index (χ4n) is 3.58. The second-order valence-electron chi connectivity index (χ2n) is 8.93. The molecule has 0 unspecified atom stereocenters. The van der Waals surface area contributed by atoms with Crippen LogP contribution in [0.15, 0.2) is 36.4 Å². The van der Waals surface area contributed by atoms with E-state index in [1.54, 1.807) is 6.07 Å². The highest BCUT2D eigenvalue weighted by atomic mass is 16.2. The topological polar surface area (TPSA) is 137 Å². The molecule has 11 nitrogen and oxygen atoms in total. The first-order valence-corrected chi connectivity index (χ1v) is 12.7. The van der Waals surface area contributed by atoms with E-state index in [2.05, 4.69) is 20.6 Å². The van der Waals surface area contributed by atoms with Gasteiger partial charge in [0.15, 0.2) is 17.3 Å². The number of carbonyl (C=O) groups is 3. The molecule has 1 aromatic heterocycles. The van der Waals surface area contributed by atoms with Gasteiger partial charge in [0, 0.05) is 53.7 Å². The van der Waals surface area contributed by atoms with Crippen molar-refractivity contribution in [2.24, 2.45) is 5.73 Å². The Morgan fingerprint density at radius 3 is 2.56 bits per heavy atom. The number of hydrogen-bond acceptors (Lipinski definition) is 8. The lowest BCUT2D eigenvalue weighted by molar-refractivity contribution is -0.135. The van der Waals surface area contributed by atoms with Crippen LogP contribution in [-0.4, -0.2) is 91.2 Å².